The Hall–Kier alpha value is -1.35. The quantitative estimate of drug-likeness (QED) is 0.635. The fraction of sp³-hybridized carbons (Fsp3) is 0.333. The summed E-state index contributed by atoms with van der Waals surface area (Å²) >= 11 is 5.51. The molecule has 0 atom stereocenters. The van der Waals surface area contributed by atoms with Crippen molar-refractivity contribution in [2.45, 2.75) is 19.8 Å². The molecular weight excluding hydrogens is 228 g/mol. The van der Waals surface area contributed by atoms with Crippen molar-refractivity contribution in [2.75, 3.05) is 5.88 Å². The lowest BCUT2D eigenvalue weighted by Crippen LogP contribution is -2.09. The molecular formula is C12H13ClO3. The van der Waals surface area contributed by atoms with Gasteiger partial charge in [0.1, 0.15) is 0 Å². The SMILES string of the molecule is Cc1ccc(CC(=O)O)c(C(=O)CCCl)c1. The van der Waals surface area contributed by atoms with E-state index in [1.54, 1.807) is 18.2 Å². The Kier molecular flexibility index (Phi) is 4.50. The van der Waals surface area contributed by atoms with Gasteiger partial charge >= 0.3 is 5.97 Å². The predicted molar refractivity (Wildman–Crippen MR) is 62.2 cm³/mol. The number of hydrogen-bond acceptors (Lipinski definition) is 2. The van der Waals surface area contributed by atoms with Crippen molar-refractivity contribution in [2.24, 2.45) is 0 Å². The fourth-order valence-electron chi connectivity index (χ4n) is 1.49. The molecule has 0 saturated heterocycles. The van der Waals surface area contributed by atoms with Crippen LogP contribution < -0.4 is 0 Å². The molecule has 0 fully saturated rings. The number of aryl methyl sites for hydroxylation is 1. The first-order valence-corrected chi connectivity index (χ1v) is 5.48. The Morgan fingerprint density at radius 3 is 2.62 bits per heavy atom. The molecule has 3 nitrogen and oxygen atoms in total. The largest absolute Gasteiger partial charge is 0.481 e. The number of Topliss-reactive ketones (excluding diaryl/α,β-unsaturated/α-hetero) is 1. The highest BCUT2D eigenvalue weighted by Crippen LogP contribution is 2.15. The lowest BCUT2D eigenvalue weighted by molar-refractivity contribution is -0.136. The number of ketones is 1. The predicted octanol–water partition coefficient (Wildman–Crippen LogP) is 2.43. The minimum absolute atomic E-state index is 0.102. The molecule has 0 aliphatic carbocycles. The molecule has 1 N–H and O–H groups in total. The number of alkyl halides is 1. The molecule has 0 amide bonds. The van der Waals surface area contributed by atoms with E-state index < -0.39 is 5.97 Å². The zero-order chi connectivity index (χ0) is 12.1. The summed E-state index contributed by atoms with van der Waals surface area (Å²) in [6.45, 7) is 1.86. The Morgan fingerprint density at radius 2 is 2.06 bits per heavy atom. The van der Waals surface area contributed by atoms with E-state index in [0.29, 0.717) is 11.1 Å². The highest BCUT2D eigenvalue weighted by atomic mass is 35.5. The van der Waals surface area contributed by atoms with Gasteiger partial charge in [-0.2, -0.15) is 0 Å². The second kappa shape index (κ2) is 5.66. The average molecular weight is 241 g/mol. The molecule has 0 aliphatic heterocycles. The maximum Gasteiger partial charge on any atom is 0.307 e. The van der Waals surface area contributed by atoms with Gasteiger partial charge < -0.3 is 5.11 Å². The van der Waals surface area contributed by atoms with Gasteiger partial charge in [0, 0.05) is 17.9 Å². The maximum atomic E-state index is 11.7. The van der Waals surface area contributed by atoms with Crippen molar-refractivity contribution in [1.29, 1.82) is 0 Å². The number of hydrogen-bond donors (Lipinski definition) is 1. The first-order chi connectivity index (χ1) is 7.54. The smallest absolute Gasteiger partial charge is 0.307 e. The standard InChI is InChI=1S/C12H13ClO3/c1-8-2-3-9(7-12(15)16)10(6-8)11(14)4-5-13/h2-3,6H,4-5,7H2,1H3,(H,15,16). The first-order valence-electron chi connectivity index (χ1n) is 4.95. The fourth-order valence-corrected chi connectivity index (χ4v) is 1.66. The van der Waals surface area contributed by atoms with Gasteiger partial charge in [0.05, 0.1) is 6.42 Å². The molecule has 0 aliphatic rings. The summed E-state index contributed by atoms with van der Waals surface area (Å²) in [5, 5.41) is 8.73. The Labute approximate surface area is 99.0 Å². The number of benzene rings is 1. The normalized spacial score (nSPS) is 10.1. The van der Waals surface area contributed by atoms with Gasteiger partial charge in [0.15, 0.2) is 5.78 Å². The molecule has 0 bridgehead atoms. The van der Waals surface area contributed by atoms with Gasteiger partial charge in [-0.1, -0.05) is 17.7 Å². The van der Waals surface area contributed by atoms with Crippen LogP contribution in [0.15, 0.2) is 18.2 Å². The first kappa shape index (κ1) is 12.7. The topological polar surface area (TPSA) is 54.4 Å². The molecule has 0 aromatic heterocycles. The van der Waals surface area contributed by atoms with Gasteiger partial charge in [-0.15, -0.1) is 11.6 Å². The molecule has 0 unspecified atom stereocenters. The molecule has 0 radical (unpaired) electrons. The molecule has 0 saturated carbocycles. The zero-order valence-electron chi connectivity index (χ0n) is 9.00. The van der Waals surface area contributed by atoms with Crippen molar-refractivity contribution in [3.63, 3.8) is 0 Å². The molecule has 4 heteroatoms. The molecule has 16 heavy (non-hydrogen) atoms. The van der Waals surface area contributed by atoms with Crippen molar-refractivity contribution in [1.82, 2.24) is 0 Å². The van der Waals surface area contributed by atoms with E-state index in [2.05, 4.69) is 0 Å². The van der Waals surface area contributed by atoms with Crippen molar-refractivity contribution >= 4 is 23.4 Å². The summed E-state index contributed by atoms with van der Waals surface area (Å²) in [4.78, 5) is 22.4. The van der Waals surface area contributed by atoms with Crippen LogP contribution in [0.3, 0.4) is 0 Å². The minimum atomic E-state index is -0.941. The Morgan fingerprint density at radius 1 is 1.38 bits per heavy atom. The maximum absolute atomic E-state index is 11.7. The molecule has 1 aromatic rings. The van der Waals surface area contributed by atoms with Crippen LogP contribution in [0.2, 0.25) is 0 Å². The minimum Gasteiger partial charge on any atom is -0.481 e. The molecule has 0 heterocycles. The third kappa shape index (κ3) is 3.35. The van der Waals surface area contributed by atoms with Crippen LogP contribution in [0.4, 0.5) is 0 Å². The van der Waals surface area contributed by atoms with Gasteiger partial charge in [0.2, 0.25) is 0 Å². The molecule has 1 aromatic carbocycles. The summed E-state index contributed by atoms with van der Waals surface area (Å²) in [7, 11) is 0. The third-order valence-electron chi connectivity index (χ3n) is 2.23. The van der Waals surface area contributed by atoms with E-state index in [9.17, 15) is 9.59 Å². The zero-order valence-corrected chi connectivity index (χ0v) is 9.75. The van der Waals surface area contributed by atoms with Crippen molar-refractivity contribution in [3.05, 3.63) is 34.9 Å². The summed E-state index contributed by atoms with van der Waals surface area (Å²) in [6, 6.07) is 5.20. The van der Waals surface area contributed by atoms with Crippen molar-refractivity contribution < 1.29 is 14.7 Å². The van der Waals surface area contributed by atoms with E-state index in [1.807, 2.05) is 6.92 Å². The van der Waals surface area contributed by atoms with Crippen LogP contribution in [-0.4, -0.2) is 22.7 Å². The average Bonchev–Trinajstić information content (AvgIpc) is 2.20. The summed E-state index contributed by atoms with van der Waals surface area (Å²) in [5.74, 6) is -0.794. The number of carboxylic acids is 1. The van der Waals surface area contributed by atoms with E-state index in [1.165, 1.54) is 0 Å². The molecule has 0 spiro atoms. The number of aliphatic carboxylic acids is 1. The molecule has 86 valence electrons. The lowest BCUT2D eigenvalue weighted by Gasteiger charge is -2.07. The number of rotatable bonds is 5. The summed E-state index contributed by atoms with van der Waals surface area (Å²) in [5.41, 5.74) is 1.96. The van der Waals surface area contributed by atoms with Crippen LogP contribution in [0.5, 0.6) is 0 Å². The van der Waals surface area contributed by atoms with E-state index in [4.69, 9.17) is 16.7 Å². The monoisotopic (exact) mass is 240 g/mol. The Balaban J connectivity index is 3.07. The second-order valence-corrected chi connectivity index (χ2v) is 3.97. The van der Waals surface area contributed by atoms with E-state index in [-0.39, 0.29) is 24.5 Å². The number of carbonyl (C=O) groups excluding carboxylic acids is 1. The number of carboxylic acid groups (broad SMARTS) is 1. The van der Waals surface area contributed by atoms with Gasteiger partial charge in [-0.25, -0.2) is 0 Å². The van der Waals surface area contributed by atoms with Gasteiger partial charge in [-0.3, -0.25) is 9.59 Å². The number of carbonyl (C=O) groups is 2. The van der Waals surface area contributed by atoms with Crippen LogP contribution in [0.1, 0.15) is 27.9 Å². The third-order valence-corrected chi connectivity index (χ3v) is 2.42. The molecule has 1 rings (SSSR count). The van der Waals surface area contributed by atoms with Crippen LogP contribution in [0, 0.1) is 6.92 Å². The second-order valence-electron chi connectivity index (χ2n) is 3.59. The van der Waals surface area contributed by atoms with Gasteiger partial charge in [0.25, 0.3) is 0 Å². The van der Waals surface area contributed by atoms with Gasteiger partial charge in [-0.05, 0) is 18.6 Å². The highest BCUT2D eigenvalue weighted by Gasteiger charge is 2.13. The summed E-state index contributed by atoms with van der Waals surface area (Å²) < 4.78 is 0. The number of halogens is 1. The van der Waals surface area contributed by atoms with E-state index in [0.717, 1.165) is 5.56 Å². The van der Waals surface area contributed by atoms with Crippen LogP contribution in [-0.2, 0) is 11.2 Å². The highest BCUT2D eigenvalue weighted by molar-refractivity contribution is 6.19. The Bertz CT molecular complexity index is 413. The van der Waals surface area contributed by atoms with Crippen LogP contribution in [0.25, 0.3) is 0 Å². The lowest BCUT2D eigenvalue weighted by atomic mass is 9.97. The van der Waals surface area contributed by atoms with E-state index >= 15 is 0 Å². The van der Waals surface area contributed by atoms with Crippen molar-refractivity contribution in [3.8, 4) is 0 Å². The summed E-state index contributed by atoms with van der Waals surface area (Å²) in [6.07, 6.45) is 0.0985. The van der Waals surface area contributed by atoms with Crippen LogP contribution >= 0.6 is 11.6 Å².